The van der Waals surface area contributed by atoms with Gasteiger partial charge in [0.15, 0.2) is 17.8 Å². The summed E-state index contributed by atoms with van der Waals surface area (Å²) in [4.78, 5) is 11.2. The molecule has 0 saturated carbocycles. The predicted molar refractivity (Wildman–Crippen MR) is 116 cm³/mol. The maximum atomic E-state index is 14.9. The molecule has 3 aromatic rings. The second-order valence-electron chi connectivity index (χ2n) is 7.28. The second-order valence-corrected chi connectivity index (χ2v) is 7.69. The number of benzene rings is 3. The quantitative estimate of drug-likeness (QED) is 0.407. The summed E-state index contributed by atoms with van der Waals surface area (Å²) in [5, 5.41) is 0.0340. The van der Waals surface area contributed by atoms with Gasteiger partial charge in [0.05, 0.1) is 17.7 Å². The summed E-state index contributed by atoms with van der Waals surface area (Å²) in [6.45, 7) is 2.00. The summed E-state index contributed by atoms with van der Waals surface area (Å²) < 4.78 is 26.0. The third kappa shape index (κ3) is 3.29. The van der Waals surface area contributed by atoms with Crippen molar-refractivity contribution < 1.29 is 18.7 Å². The third-order valence-corrected chi connectivity index (χ3v) is 5.91. The Kier molecular flexibility index (Phi) is 5.39. The maximum absolute atomic E-state index is 14.9. The molecule has 0 saturated heterocycles. The Morgan fingerprint density at radius 1 is 1.17 bits per heavy atom. The van der Waals surface area contributed by atoms with E-state index in [2.05, 4.69) is 12.1 Å². The van der Waals surface area contributed by atoms with E-state index in [4.69, 9.17) is 26.8 Å². The van der Waals surface area contributed by atoms with Crippen molar-refractivity contribution in [3.05, 3.63) is 75.6 Å². The fourth-order valence-electron chi connectivity index (χ4n) is 4.08. The molecule has 0 bridgehead atoms. The van der Waals surface area contributed by atoms with Crippen LogP contribution in [0, 0.1) is 12.7 Å². The highest BCUT2D eigenvalue weighted by molar-refractivity contribution is 6.32. The van der Waals surface area contributed by atoms with Crippen molar-refractivity contribution in [3.63, 3.8) is 0 Å². The molecule has 30 heavy (non-hydrogen) atoms. The lowest BCUT2D eigenvalue weighted by molar-refractivity contribution is 0.111. The molecule has 0 aromatic heterocycles. The summed E-state index contributed by atoms with van der Waals surface area (Å²) >= 11 is 6.22. The standard InChI is InChI=1S/C24H21ClFNO3/c1-13-15(5-4-8-20(13)27)16-6-3-7-18-17(16)9-10-21(18)30-24-19(25)11-14(12-28)23(29-2)22(24)26/h3-8,11-12,21H,9-10,27H2,1-2H3. The highest BCUT2D eigenvalue weighted by Gasteiger charge is 2.30. The molecule has 1 unspecified atom stereocenters. The Morgan fingerprint density at radius 2 is 1.90 bits per heavy atom. The van der Waals surface area contributed by atoms with Gasteiger partial charge in [-0.1, -0.05) is 41.9 Å². The van der Waals surface area contributed by atoms with E-state index in [0.29, 0.717) is 12.7 Å². The Balaban J connectivity index is 1.74. The fraction of sp³-hybridized carbons (Fsp3) is 0.208. The lowest BCUT2D eigenvalue weighted by Gasteiger charge is -2.19. The first kappa shape index (κ1) is 20.2. The zero-order chi connectivity index (χ0) is 21.4. The molecule has 154 valence electrons. The number of hydrogen-bond donors (Lipinski definition) is 1. The molecule has 0 fully saturated rings. The van der Waals surface area contributed by atoms with Crippen LogP contribution in [-0.2, 0) is 6.42 Å². The van der Waals surface area contributed by atoms with Gasteiger partial charge in [0.1, 0.15) is 6.10 Å². The van der Waals surface area contributed by atoms with Crippen LogP contribution in [0.5, 0.6) is 11.5 Å². The number of nitrogens with two attached hydrogens (primary N) is 1. The molecular weight excluding hydrogens is 405 g/mol. The van der Waals surface area contributed by atoms with Crippen molar-refractivity contribution >= 4 is 23.6 Å². The molecule has 3 aromatic carbocycles. The first-order valence-corrected chi connectivity index (χ1v) is 9.99. The molecule has 4 nitrogen and oxygen atoms in total. The fourth-order valence-corrected chi connectivity index (χ4v) is 4.33. The van der Waals surface area contributed by atoms with Gasteiger partial charge in [-0.25, -0.2) is 0 Å². The van der Waals surface area contributed by atoms with Gasteiger partial charge in [-0.2, -0.15) is 4.39 Å². The van der Waals surface area contributed by atoms with E-state index < -0.39 is 5.82 Å². The summed E-state index contributed by atoms with van der Waals surface area (Å²) in [6.07, 6.45) is 1.61. The van der Waals surface area contributed by atoms with Gasteiger partial charge in [-0.15, -0.1) is 0 Å². The van der Waals surface area contributed by atoms with E-state index in [1.54, 1.807) is 0 Å². The Bertz CT molecular complexity index is 1150. The summed E-state index contributed by atoms with van der Waals surface area (Å²) in [7, 11) is 1.30. The SMILES string of the molecule is COc1c(C=O)cc(Cl)c(OC2CCc3c(-c4cccc(N)c4C)cccc32)c1F. The van der Waals surface area contributed by atoms with Crippen LogP contribution in [-0.4, -0.2) is 13.4 Å². The number of aldehydes is 1. The number of ether oxygens (including phenoxy) is 2. The Morgan fingerprint density at radius 3 is 2.63 bits per heavy atom. The van der Waals surface area contributed by atoms with E-state index in [1.165, 1.54) is 13.2 Å². The number of carbonyl (C=O) groups is 1. The van der Waals surface area contributed by atoms with Crippen molar-refractivity contribution in [2.75, 3.05) is 12.8 Å². The zero-order valence-corrected chi connectivity index (χ0v) is 17.4. The van der Waals surface area contributed by atoms with Crippen molar-refractivity contribution in [2.24, 2.45) is 0 Å². The van der Waals surface area contributed by atoms with Crippen LogP contribution in [0.25, 0.3) is 11.1 Å². The third-order valence-electron chi connectivity index (χ3n) is 5.63. The summed E-state index contributed by atoms with van der Waals surface area (Å²) in [5.41, 5.74) is 12.2. The second kappa shape index (κ2) is 8.00. The zero-order valence-electron chi connectivity index (χ0n) is 16.7. The highest BCUT2D eigenvalue weighted by atomic mass is 35.5. The van der Waals surface area contributed by atoms with Gasteiger partial charge in [0.2, 0.25) is 5.82 Å². The van der Waals surface area contributed by atoms with Crippen LogP contribution < -0.4 is 15.2 Å². The minimum atomic E-state index is -0.775. The number of fused-ring (bicyclic) bond motifs is 1. The van der Waals surface area contributed by atoms with Gasteiger partial charge >= 0.3 is 0 Å². The average molecular weight is 426 g/mol. The van der Waals surface area contributed by atoms with Crippen molar-refractivity contribution in [2.45, 2.75) is 25.9 Å². The molecule has 2 N–H and O–H groups in total. The van der Waals surface area contributed by atoms with Crippen molar-refractivity contribution in [3.8, 4) is 22.6 Å². The first-order chi connectivity index (χ1) is 14.5. The van der Waals surface area contributed by atoms with E-state index in [-0.39, 0.29) is 28.2 Å². The molecule has 0 heterocycles. The highest BCUT2D eigenvalue weighted by Crippen LogP contribution is 2.44. The number of methoxy groups -OCH3 is 1. The summed E-state index contributed by atoms with van der Waals surface area (Å²) in [5.74, 6) is -1.06. The van der Waals surface area contributed by atoms with E-state index >= 15 is 0 Å². The van der Waals surface area contributed by atoms with E-state index in [9.17, 15) is 9.18 Å². The molecule has 0 aliphatic heterocycles. The molecule has 6 heteroatoms. The number of halogens is 2. The van der Waals surface area contributed by atoms with Gasteiger partial charge in [0, 0.05) is 5.69 Å². The minimum Gasteiger partial charge on any atom is -0.493 e. The first-order valence-electron chi connectivity index (χ1n) is 9.61. The van der Waals surface area contributed by atoms with Crippen LogP contribution in [0.4, 0.5) is 10.1 Å². The maximum Gasteiger partial charge on any atom is 0.209 e. The Hall–Kier alpha value is -3.05. The monoisotopic (exact) mass is 425 g/mol. The topological polar surface area (TPSA) is 61.5 Å². The molecule has 0 amide bonds. The molecule has 4 rings (SSSR count). The number of hydrogen-bond acceptors (Lipinski definition) is 4. The number of rotatable bonds is 5. The average Bonchev–Trinajstić information content (AvgIpc) is 3.16. The molecule has 1 aliphatic carbocycles. The van der Waals surface area contributed by atoms with Gasteiger partial charge < -0.3 is 15.2 Å². The molecular formula is C24H21ClFNO3. The predicted octanol–water partition coefficient (Wildman–Crippen LogP) is 5.92. The van der Waals surface area contributed by atoms with Crippen LogP contribution in [0.2, 0.25) is 5.02 Å². The molecule has 1 aliphatic rings. The normalized spacial score (nSPS) is 15.0. The molecule has 1 atom stereocenters. The van der Waals surface area contributed by atoms with Crippen LogP contribution in [0.15, 0.2) is 42.5 Å². The minimum absolute atomic E-state index is 0.0340. The largest absolute Gasteiger partial charge is 0.493 e. The van der Waals surface area contributed by atoms with E-state index in [1.807, 2.05) is 31.2 Å². The molecule has 0 radical (unpaired) electrons. The van der Waals surface area contributed by atoms with Crippen LogP contribution in [0.1, 0.15) is 39.6 Å². The number of carbonyl (C=O) groups excluding carboxylic acids is 1. The van der Waals surface area contributed by atoms with Gasteiger partial charge in [-0.05, 0) is 59.7 Å². The number of anilines is 1. The van der Waals surface area contributed by atoms with Crippen molar-refractivity contribution in [1.82, 2.24) is 0 Å². The number of nitrogen functional groups attached to an aromatic ring is 1. The Labute approximate surface area is 179 Å². The van der Waals surface area contributed by atoms with Crippen LogP contribution in [0.3, 0.4) is 0 Å². The van der Waals surface area contributed by atoms with Crippen LogP contribution >= 0.6 is 11.6 Å². The smallest absolute Gasteiger partial charge is 0.209 e. The van der Waals surface area contributed by atoms with Gasteiger partial charge in [0.25, 0.3) is 0 Å². The van der Waals surface area contributed by atoms with Gasteiger partial charge in [-0.3, -0.25) is 4.79 Å². The lowest BCUT2D eigenvalue weighted by atomic mass is 9.93. The molecule has 0 spiro atoms. The summed E-state index contributed by atoms with van der Waals surface area (Å²) in [6, 6.07) is 13.3. The lowest BCUT2D eigenvalue weighted by Crippen LogP contribution is -2.07. The van der Waals surface area contributed by atoms with E-state index in [0.717, 1.165) is 39.9 Å². The van der Waals surface area contributed by atoms with Crippen molar-refractivity contribution in [1.29, 1.82) is 0 Å².